The smallest absolute Gasteiger partial charge is 0.186 e. The van der Waals surface area contributed by atoms with Gasteiger partial charge in [0.25, 0.3) is 0 Å². The van der Waals surface area contributed by atoms with Gasteiger partial charge in [-0.2, -0.15) is 0 Å². The molecule has 1 rings (SSSR count). The van der Waals surface area contributed by atoms with E-state index in [0.717, 1.165) is 12.8 Å². The maximum atomic E-state index is 10.2. The van der Waals surface area contributed by atoms with Crippen molar-refractivity contribution in [2.45, 2.75) is 193 Å². The van der Waals surface area contributed by atoms with Crippen LogP contribution in [0.25, 0.3) is 0 Å². The Morgan fingerprint density at radius 2 is 0.921 bits per heavy atom. The number of hydrogen-bond donors (Lipinski definition) is 3. The first kappa shape index (κ1) is 35.8. The molecule has 0 radical (unpaired) electrons. The Morgan fingerprint density at radius 3 is 1.26 bits per heavy atom. The van der Waals surface area contributed by atoms with E-state index in [1.807, 2.05) is 0 Å². The fraction of sp³-hybridized carbons (Fsp3) is 1.00. The van der Waals surface area contributed by atoms with E-state index in [1.165, 1.54) is 141 Å². The number of unbranched alkanes of at least 4 members (excludes halogenated alkanes) is 20. The summed E-state index contributed by atoms with van der Waals surface area (Å²) in [6.07, 6.45) is 28.4. The van der Waals surface area contributed by atoms with E-state index in [1.54, 1.807) is 0 Å². The largest absolute Gasteiger partial charge is 0.394 e. The Labute approximate surface area is 236 Å². The van der Waals surface area contributed by atoms with Gasteiger partial charge in [-0.15, -0.1) is 0 Å². The number of aliphatic hydroxyl groups excluding tert-OH is 3. The van der Waals surface area contributed by atoms with Crippen molar-refractivity contribution < 1.29 is 24.8 Å². The van der Waals surface area contributed by atoms with E-state index < -0.39 is 24.6 Å². The maximum absolute atomic E-state index is 10.2. The van der Waals surface area contributed by atoms with Gasteiger partial charge < -0.3 is 24.8 Å². The zero-order valence-electron chi connectivity index (χ0n) is 25.4. The lowest BCUT2D eigenvalue weighted by atomic mass is 9.94. The molecule has 5 nitrogen and oxygen atoms in total. The molecular formula is C33H66O5. The summed E-state index contributed by atoms with van der Waals surface area (Å²) >= 11 is 0. The molecule has 2 unspecified atom stereocenters. The number of rotatable bonds is 28. The second-order valence-corrected chi connectivity index (χ2v) is 12.1. The summed E-state index contributed by atoms with van der Waals surface area (Å²) in [4.78, 5) is 0. The summed E-state index contributed by atoms with van der Waals surface area (Å²) in [5.41, 5.74) is 0. The third-order valence-electron chi connectivity index (χ3n) is 8.43. The SMILES string of the molecule is CCCCCCCCCCCCCCC(CCCCCCCCCCCC)COC1O[C@H](CO)[C@H](O)[C@H]1O. The van der Waals surface area contributed by atoms with E-state index >= 15 is 0 Å². The van der Waals surface area contributed by atoms with Gasteiger partial charge in [0.2, 0.25) is 0 Å². The van der Waals surface area contributed by atoms with Gasteiger partial charge in [-0.1, -0.05) is 155 Å². The van der Waals surface area contributed by atoms with Crippen molar-refractivity contribution in [3.63, 3.8) is 0 Å². The molecule has 1 saturated heterocycles. The summed E-state index contributed by atoms with van der Waals surface area (Å²) in [6.45, 7) is 4.80. The van der Waals surface area contributed by atoms with Gasteiger partial charge in [-0.05, 0) is 18.8 Å². The van der Waals surface area contributed by atoms with Crippen LogP contribution in [0.3, 0.4) is 0 Å². The van der Waals surface area contributed by atoms with Crippen molar-refractivity contribution >= 4 is 0 Å². The normalized spacial score (nSPS) is 22.3. The van der Waals surface area contributed by atoms with Crippen LogP contribution in [0.4, 0.5) is 0 Å². The van der Waals surface area contributed by atoms with Crippen LogP contribution in [-0.4, -0.2) is 53.1 Å². The summed E-state index contributed by atoms with van der Waals surface area (Å²) in [5.74, 6) is 0.466. The average molecular weight is 543 g/mol. The van der Waals surface area contributed by atoms with Crippen LogP contribution in [0, 0.1) is 5.92 Å². The van der Waals surface area contributed by atoms with Crippen molar-refractivity contribution in [1.82, 2.24) is 0 Å². The molecule has 1 aliphatic heterocycles. The molecule has 0 amide bonds. The van der Waals surface area contributed by atoms with Crippen molar-refractivity contribution in [1.29, 1.82) is 0 Å². The second-order valence-electron chi connectivity index (χ2n) is 12.1. The highest BCUT2D eigenvalue weighted by Crippen LogP contribution is 2.25. The summed E-state index contributed by atoms with van der Waals surface area (Å²) < 4.78 is 11.5. The molecule has 5 atom stereocenters. The molecule has 1 fully saturated rings. The lowest BCUT2D eigenvalue weighted by molar-refractivity contribution is -0.176. The molecule has 1 aliphatic rings. The zero-order valence-corrected chi connectivity index (χ0v) is 25.4. The Hall–Kier alpha value is -0.200. The van der Waals surface area contributed by atoms with Gasteiger partial charge in [0.1, 0.15) is 18.3 Å². The summed E-state index contributed by atoms with van der Waals surface area (Å²) in [7, 11) is 0. The highest BCUT2D eigenvalue weighted by molar-refractivity contribution is 4.86. The van der Waals surface area contributed by atoms with E-state index in [9.17, 15) is 15.3 Å². The van der Waals surface area contributed by atoms with Crippen LogP contribution < -0.4 is 0 Å². The molecule has 0 bridgehead atoms. The third-order valence-corrected chi connectivity index (χ3v) is 8.43. The molecule has 0 aromatic rings. The van der Waals surface area contributed by atoms with Crippen molar-refractivity contribution in [3.8, 4) is 0 Å². The molecule has 0 aromatic heterocycles. The first-order chi connectivity index (χ1) is 18.6. The minimum Gasteiger partial charge on any atom is -0.394 e. The molecule has 0 saturated carbocycles. The quantitative estimate of drug-likeness (QED) is 0.0864. The Bertz CT molecular complexity index is 488. The van der Waals surface area contributed by atoms with Gasteiger partial charge in [0, 0.05) is 0 Å². The minimum absolute atomic E-state index is 0.307. The van der Waals surface area contributed by atoms with Crippen LogP contribution in [0.2, 0.25) is 0 Å². The first-order valence-electron chi connectivity index (χ1n) is 16.9. The third kappa shape index (κ3) is 18.2. The fourth-order valence-electron chi connectivity index (χ4n) is 5.74. The molecule has 3 N–H and O–H groups in total. The molecule has 38 heavy (non-hydrogen) atoms. The fourth-order valence-corrected chi connectivity index (χ4v) is 5.74. The number of aliphatic hydroxyl groups is 3. The van der Waals surface area contributed by atoms with Gasteiger partial charge >= 0.3 is 0 Å². The molecule has 0 aliphatic carbocycles. The first-order valence-corrected chi connectivity index (χ1v) is 16.9. The van der Waals surface area contributed by atoms with Gasteiger partial charge in [-0.3, -0.25) is 0 Å². The Morgan fingerprint density at radius 1 is 0.553 bits per heavy atom. The Balaban J connectivity index is 2.21. The van der Waals surface area contributed by atoms with E-state index in [-0.39, 0.29) is 6.61 Å². The topological polar surface area (TPSA) is 79.2 Å². The van der Waals surface area contributed by atoms with Gasteiger partial charge in [0.05, 0.1) is 13.2 Å². The van der Waals surface area contributed by atoms with Gasteiger partial charge in [0.15, 0.2) is 6.29 Å². The molecule has 1 heterocycles. The molecule has 0 aromatic carbocycles. The molecular weight excluding hydrogens is 476 g/mol. The van der Waals surface area contributed by atoms with E-state index in [2.05, 4.69) is 13.8 Å². The highest BCUT2D eigenvalue weighted by Gasteiger charge is 2.43. The lowest BCUT2D eigenvalue weighted by Gasteiger charge is -2.21. The predicted octanol–water partition coefficient (Wildman–Crippen LogP) is 8.46. The monoisotopic (exact) mass is 542 g/mol. The summed E-state index contributed by atoms with van der Waals surface area (Å²) in [6, 6.07) is 0. The number of ether oxygens (including phenoxy) is 2. The van der Waals surface area contributed by atoms with Crippen molar-refractivity contribution in [2.75, 3.05) is 13.2 Å². The molecule has 5 heteroatoms. The maximum Gasteiger partial charge on any atom is 0.186 e. The van der Waals surface area contributed by atoms with Crippen LogP contribution in [0.1, 0.15) is 168 Å². The zero-order chi connectivity index (χ0) is 27.7. The number of hydrogen-bond acceptors (Lipinski definition) is 5. The van der Waals surface area contributed by atoms with E-state index in [4.69, 9.17) is 9.47 Å². The summed E-state index contributed by atoms with van der Waals surface area (Å²) in [5, 5.41) is 29.6. The van der Waals surface area contributed by atoms with Crippen LogP contribution in [-0.2, 0) is 9.47 Å². The standard InChI is InChI=1S/C33H66O5/c1-3-5-7-9-11-13-15-16-18-20-22-24-26-29(25-23-21-19-17-14-12-10-8-6-4-2)28-37-33-32(36)31(35)30(27-34)38-33/h29-36H,3-28H2,1-2H3/t29?,30-,31+,32-,33?/m1/s1. The second kappa shape index (κ2) is 25.7. The predicted molar refractivity (Wildman–Crippen MR) is 159 cm³/mol. The molecule has 0 spiro atoms. The highest BCUT2D eigenvalue weighted by atomic mass is 16.7. The van der Waals surface area contributed by atoms with Crippen molar-refractivity contribution in [3.05, 3.63) is 0 Å². The average Bonchev–Trinajstić information content (AvgIpc) is 3.20. The van der Waals surface area contributed by atoms with Crippen LogP contribution in [0.5, 0.6) is 0 Å². The Kier molecular flexibility index (Phi) is 24.3. The van der Waals surface area contributed by atoms with Crippen LogP contribution in [0.15, 0.2) is 0 Å². The lowest BCUT2D eigenvalue weighted by Crippen LogP contribution is -2.35. The van der Waals surface area contributed by atoms with Crippen molar-refractivity contribution in [2.24, 2.45) is 5.92 Å². The molecule has 228 valence electrons. The van der Waals surface area contributed by atoms with Gasteiger partial charge in [-0.25, -0.2) is 0 Å². The van der Waals surface area contributed by atoms with Crippen LogP contribution >= 0.6 is 0 Å². The van der Waals surface area contributed by atoms with E-state index in [0.29, 0.717) is 12.5 Å². The minimum atomic E-state index is -1.09.